The minimum absolute atomic E-state index is 0.0143. The Morgan fingerprint density at radius 3 is 2.56 bits per heavy atom. The predicted molar refractivity (Wildman–Crippen MR) is 93.6 cm³/mol. The third kappa shape index (κ3) is 2.76. The zero-order valence-corrected chi connectivity index (χ0v) is 15.3. The van der Waals surface area contributed by atoms with Crippen molar-refractivity contribution >= 4 is 23.5 Å². The lowest BCUT2D eigenvalue weighted by atomic mass is 9.77. The number of nitrogens with one attached hydrogen (secondary N) is 1. The van der Waals surface area contributed by atoms with Gasteiger partial charge in [-0.15, -0.1) is 0 Å². The highest BCUT2D eigenvalue weighted by molar-refractivity contribution is 6.08. The summed E-state index contributed by atoms with van der Waals surface area (Å²) in [5, 5.41) is 13.7. The van der Waals surface area contributed by atoms with E-state index in [4.69, 9.17) is 14.2 Å². The molecule has 2 heterocycles. The summed E-state index contributed by atoms with van der Waals surface area (Å²) in [7, 11) is 0. The number of allylic oxidation sites excluding steroid dienone is 1. The van der Waals surface area contributed by atoms with Gasteiger partial charge in [-0.05, 0) is 32.4 Å². The van der Waals surface area contributed by atoms with E-state index in [0.717, 1.165) is 0 Å². The standard InChI is InChI=1S/C19H21NO7/c1-4-25-17(23)13-10(3)27-19(15(13)21,18(24)26-5-2)14-11-8-6-7-9-12(11)20-16(14)22/h6-9,14-15,21H,4-5H2,1-3H3,(H,20,22)/t14-,15+,19+/m1/s1. The molecule has 3 atom stereocenters. The lowest BCUT2D eigenvalue weighted by Gasteiger charge is -2.34. The highest BCUT2D eigenvalue weighted by Crippen LogP contribution is 2.49. The summed E-state index contributed by atoms with van der Waals surface area (Å²) in [6.45, 7) is 4.76. The van der Waals surface area contributed by atoms with Gasteiger partial charge in [0.1, 0.15) is 23.4 Å². The fourth-order valence-electron chi connectivity index (χ4n) is 3.60. The van der Waals surface area contributed by atoms with Crippen LogP contribution in [0.2, 0.25) is 0 Å². The van der Waals surface area contributed by atoms with Crippen molar-refractivity contribution in [3.05, 3.63) is 41.2 Å². The quantitative estimate of drug-likeness (QED) is 0.745. The summed E-state index contributed by atoms with van der Waals surface area (Å²) in [6.07, 6.45) is -1.72. The molecule has 27 heavy (non-hydrogen) atoms. The largest absolute Gasteiger partial charge is 0.475 e. The van der Waals surface area contributed by atoms with Crippen LogP contribution in [-0.2, 0) is 28.6 Å². The molecule has 8 nitrogen and oxygen atoms in total. The Bertz CT molecular complexity index is 831. The van der Waals surface area contributed by atoms with Crippen LogP contribution in [-0.4, -0.2) is 47.9 Å². The maximum Gasteiger partial charge on any atom is 0.354 e. The van der Waals surface area contributed by atoms with Gasteiger partial charge < -0.3 is 24.6 Å². The van der Waals surface area contributed by atoms with E-state index >= 15 is 0 Å². The number of carbonyl (C=O) groups is 3. The minimum atomic E-state index is -2.11. The molecule has 0 aromatic heterocycles. The average molecular weight is 375 g/mol. The molecule has 0 spiro atoms. The molecular weight excluding hydrogens is 354 g/mol. The molecule has 1 aromatic rings. The third-order valence-electron chi connectivity index (χ3n) is 4.69. The van der Waals surface area contributed by atoms with Gasteiger partial charge in [-0.2, -0.15) is 0 Å². The van der Waals surface area contributed by atoms with Gasteiger partial charge in [0.2, 0.25) is 5.91 Å². The first-order valence-electron chi connectivity index (χ1n) is 8.70. The summed E-state index contributed by atoms with van der Waals surface area (Å²) >= 11 is 0. The molecule has 8 heteroatoms. The number of para-hydroxylation sites is 1. The van der Waals surface area contributed by atoms with Gasteiger partial charge in [0.25, 0.3) is 5.60 Å². The fourth-order valence-corrected chi connectivity index (χ4v) is 3.60. The first-order valence-corrected chi connectivity index (χ1v) is 8.70. The van der Waals surface area contributed by atoms with Crippen LogP contribution >= 0.6 is 0 Å². The fraction of sp³-hybridized carbons (Fsp3) is 0.421. The molecule has 2 aliphatic heterocycles. The summed E-state index contributed by atoms with van der Waals surface area (Å²) < 4.78 is 15.9. The number of hydrogen-bond donors (Lipinski definition) is 2. The third-order valence-corrected chi connectivity index (χ3v) is 4.69. The van der Waals surface area contributed by atoms with E-state index in [2.05, 4.69) is 5.32 Å². The van der Waals surface area contributed by atoms with Gasteiger partial charge in [-0.25, -0.2) is 9.59 Å². The number of anilines is 1. The van der Waals surface area contributed by atoms with Crippen molar-refractivity contribution in [2.75, 3.05) is 18.5 Å². The first-order chi connectivity index (χ1) is 12.9. The van der Waals surface area contributed by atoms with E-state index < -0.39 is 35.5 Å². The Hall–Kier alpha value is -2.87. The van der Waals surface area contributed by atoms with Crippen molar-refractivity contribution < 1.29 is 33.7 Å². The van der Waals surface area contributed by atoms with Gasteiger partial charge >= 0.3 is 11.9 Å². The molecule has 144 valence electrons. The molecule has 0 radical (unpaired) electrons. The van der Waals surface area contributed by atoms with Crippen LogP contribution in [0.4, 0.5) is 5.69 Å². The van der Waals surface area contributed by atoms with Crippen molar-refractivity contribution in [1.29, 1.82) is 0 Å². The number of benzene rings is 1. The van der Waals surface area contributed by atoms with Crippen LogP contribution in [0.5, 0.6) is 0 Å². The van der Waals surface area contributed by atoms with E-state index in [9.17, 15) is 19.5 Å². The Kier molecular flexibility index (Phi) is 4.93. The number of carbonyl (C=O) groups excluding carboxylic acids is 3. The van der Waals surface area contributed by atoms with Crippen molar-refractivity contribution in [3.63, 3.8) is 0 Å². The molecule has 0 unspecified atom stereocenters. The van der Waals surface area contributed by atoms with Crippen molar-refractivity contribution in [2.24, 2.45) is 0 Å². The molecule has 0 bridgehead atoms. The lowest BCUT2D eigenvalue weighted by molar-refractivity contribution is -0.178. The van der Waals surface area contributed by atoms with Gasteiger partial charge in [0.05, 0.1) is 13.2 Å². The molecule has 1 amide bonds. The maximum absolute atomic E-state index is 12.9. The molecule has 3 rings (SSSR count). The molecule has 2 aliphatic rings. The second kappa shape index (κ2) is 7.03. The monoisotopic (exact) mass is 375 g/mol. The Balaban J connectivity index is 2.13. The van der Waals surface area contributed by atoms with E-state index in [1.54, 1.807) is 38.1 Å². The van der Waals surface area contributed by atoms with Crippen LogP contribution in [0, 0.1) is 0 Å². The van der Waals surface area contributed by atoms with Crippen molar-refractivity contribution in [3.8, 4) is 0 Å². The number of rotatable bonds is 5. The zero-order chi connectivity index (χ0) is 19.8. The number of esters is 2. The number of aliphatic hydroxyl groups is 1. The van der Waals surface area contributed by atoms with Crippen LogP contribution < -0.4 is 5.32 Å². The Morgan fingerprint density at radius 2 is 1.89 bits per heavy atom. The minimum Gasteiger partial charge on any atom is -0.475 e. The van der Waals surface area contributed by atoms with Crippen molar-refractivity contribution in [2.45, 2.75) is 38.4 Å². The highest BCUT2D eigenvalue weighted by Gasteiger charge is 2.66. The number of aliphatic hydroxyl groups excluding tert-OH is 1. The molecule has 0 aliphatic carbocycles. The second-order valence-corrected chi connectivity index (χ2v) is 6.22. The van der Waals surface area contributed by atoms with Crippen LogP contribution in [0.25, 0.3) is 0 Å². The number of hydrogen-bond acceptors (Lipinski definition) is 7. The van der Waals surface area contributed by atoms with Crippen LogP contribution in [0.3, 0.4) is 0 Å². The van der Waals surface area contributed by atoms with Crippen LogP contribution in [0.15, 0.2) is 35.6 Å². The van der Waals surface area contributed by atoms with Crippen molar-refractivity contribution in [1.82, 2.24) is 0 Å². The average Bonchev–Trinajstić information content (AvgIpc) is 3.09. The normalized spacial score (nSPS) is 26.3. The van der Waals surface area contributed by atoms with Gasteiger partial charge in [0.15, 0.2) is 0 Å². The molecule has 1 aromatic carbocycles. The summed E-state index contributed by atoms with van der Waals surface area (Å²) in [5.41, 5.74) is -1.32. The Morgan fingerprint density at radius 1 is 1.22 bits per heavy atom. The topological polar surface area (TPSA) is 111 Å². The number of ether oxygens (including phenoxy) is 3. The maximum atomic E-state index is 12.9. The predicted octanol–water partition coefficient (Wildman–Crippen LogP) is 1.25. The van der Waals surface area contributed by atoms with E-state index in [-0.39, 0.29) is 24.5 Å². The summed E-state index contributed by atoms with van der Waals surface area (Å²) in [4.78, 5) is 38.0. The second-order valence-electron chi connectivity index (χ2n) is 6.22. The Labute approximate surface area is 156 Å². The SMILES string of the molecule is CCOC(=O)C1=C(C)O[C@@](C(=O)OCC)([C@H]2C(=O)Nc3ccccc32)[C@H]1O. The van der Waals surface area contributed by atoms with E-state index in [1.807, 2.05) is 0 Å². The van der Waals surface area contributed by atoms with Crippen LogP contribution in [0.1, 0.15) is 32.3 Å². The molecule has 0 fully saturated rings. The molecule has 2 N–H and O–H groups in total. The van der Waals surface area contributed by atoms with Gasteiger partial charge in [-0.1, -0.05) is 18.2 Å². The lowest BCUT2D eigenvalue weighted by Crippen LogP contribution is -2.56. The summed E-state index contributed by atoms with van der Waals surface area (Å²) in [5.74, 6) is -3.43. The summed E-state index contributed by atoms with van der Waals surface area (Å²) in [6, 6.07) is 6.78. The molecule has 0 saturated carbocycles. The first kappa shape index (κ1) is 18.9. The smallest absolute Gasteiger partial charge is 0.354 e. The number of amides is 1. The van der Waals surface area contributed by atoms with E-state index in [1.165, 1.54) is 6.92 Å². The molecule has 0 saturated heterocycles. The molecular formula is C19H21NO7. The van der Waals surface area contributed by atoms with Gasteiger partial charge in [0, 0.05) is 5.69 Å². The zero-order valence-electron chi connectivity index (χ0n) is 15.3. The van der Waals surface area contributed by atoms with Gasteiger partial charge in [-0.3, -0.25) is 4.79 Å². The highest BCUT2D eigenvalue weighted by atomic mass is 16.6. The van der Waals surface area contributed by atoms with E-state index in [0.29, 0.717) is 11.3 Å². The number of fused-ring (bicyclic) bond motifs is 1.